The first-order chi connectivity index (χ1) is 7.38. The van der Waals surface area contributed by atoms with Gasteiger partial charge >= 0.3 is 0 Å². The van der Waals surface area contributed by atoms with Crippen molar-refractivity contribution in [3.05, 3.63) is 24.3 Å². The lowest BCUT2D eigenvalue weighted by Crippen LogP contribution is -2.02. The molecule has 0 unspecified atom stereocenters. The SMILES string of the molecule is OCCn1cc(CNc2cn[nH]c2)nn1. The van der Waals surface area contributed by atoms with Gasteiger partial charge in [0.05, 0.1) is 37.8 Å². The number of aliphatic hydroxyl groups excluding tert-OH is 1. The number of H-pyrrole nitrogens is 1. The summed E-state index contributed by atoms with van der Waals surface area (Å²) in [5.41, 5.74) is 1.73. The lowest BCUT2D eigenvalue weighted by atomic mass is 10.4. The van der Waals surface area contributed by atoms with Gasteiger partial charge in [0.1, 0.15) is 5.69 Å². The Balaban J connectivity index is 1.88. The Morgan fingerprint density at radius 1 is 1.53 bits per heavy atom. The third kappa shape index (κ3) is 2.53. The number of hydrogen-bond acceptors (Lipinski definition) is 5. The predicted molar refractivity (Wildman–Crippen MR) is 53.0 cm³/mol. The van der Waals surface area contributed by atoms with E-state index in [-0.39, 0.29) is 6.61 Å². The third-order valence-electron chi connectivity index (χ3n) is 1.89. The minimum atomic E-state index is 0.0674. The van der Waals surface area contributed by atoms with Gasteiger partial charge in [0.25, 0.3) is 0 Å². The van der Waals surface area contributed by atoms with Crippen molar-refractivity contribution in [1.82, 2.24) is 25.2 Å². The molecule has 0 fully saturated rings. The van der Waals surface area contributed by atoms with Crippen LogP contribution in [0.1, 0.15) is 5.69 Å². The summed E-state index contributed by atoms with van der Waals surface area (Å²) in [6.07, 6.45) is 5.25. The smallest absolute Gasteiger partial charge is 0.102 e. The number of nitrogens with zero attached hydrogens (tertiary/aromatic N) is 4. The molecule has 0 aliphatic heterocycles. The van der Waals surface area contributed by atoms with Crippen molar-refractivity contribution in [2.24, 2.45) is 0 Å². The van der Waals surface area contributed by atoms with Crippen molar-refractivity contribution in [1.29, 1.82) is 0 Å². The number of hydrogen-bond donors (Lipinski definition) is 3. The number of aliphatic hydroxyl groups is 1. The molecular formula is C8H12N6O. The summed E-state index contributed by atoms with van der Waals surface area (Å²) in [4.78, 5) is 0. The number of aromatic nitrogens is 5. The second-order valence-corrected chi connectivity index (χ2v) is 3.04. The normalized spacial score (nSPS) is 10.5. The van der Waals surface area contributed by atoms with Gasteiger partial charge in [0, 0.05) is 6.20 Å². The molecule has 0 spiro atoms. The van der Waals surface area contributed by atoms with Crippen LogP contribution >= 0.6 is 0 Å². The van der Waals surface area contributed by atoms with Crippen molar-refractivity contribution in [2.75, 3.05) is 11.9 Å². The molecule has 0 radical (unpaired) electrons. The second kappa shape index (κ2) is 4.56. The van der Waals surface area contributed by atoms with Gasteiger partial charge in [-0.3, -0.25) is 5.10 Å². The molecule has 0 atom stereocenters. The minimum Gasteiger partial charge on any atom is -0.394 e. The van der Waals surface area contributed by atoms with Crippen LogP contribution in [-0.2, 0) is 13.1 Å². The van der Waals surface area contributed by atoms with E-state index in [1.54, 1.807) is 23.3 Å². The maximum absolute atomic E-state index is 8.69. The molecule has 0 amide bonds. The highest BCUT2D eigenvalue weighted by atomic mass is 16.3. The van der Waals surface area contributed by atoms with Gasteiger partial charge in [-0.05, 0) is 0 Å². The van der Waals surface area contributed by atoms with E-state index in [0.717, 1.165) is 11.4 Å². The molecule has 0 saturated carbocycles. The van der Waals surface area contributed by atoms with Crippen LogP contribution in [0.2, 0.25) is 0 Å². The van der Waals surface area contributed by atoms with Gasteiger partial charge in [-0.1, -0.05) is 5.21 Å². The van der Waals surface area contributed by atoms with E-state index in [0.29, 0.717) is 13.1 Å². The van der Waals surface area contributed by atoms with Crippen LogP contribution in [0.3, 0.4) is 0 Å². The van der Waals surface area contributed by atoms with Gasteiger partial charge in [-0.25, -0.2) is 4.68 Å². The Morgan fingerprint density at radius 2 is 2.47 bits per heavy atom. The Morgan fingerprint density at radius 3 is 3.20 bits per heavy atom. The van der Waals surface area contributed by atoms with E-state index in [2.05, 4.69) is 25.8 Å². The van der Waals surface area contributed by atoms with Gasteiger partial charge < -0.3 is 10.4 Å². The molecule has 0 aliphatic rings. The number of anilines is 1. The molecule has 7 heteroatoms. The highest BCUT2D eigenvalue weighted by molar-refractivity contribution is 5.37. The molecule has 2 heterocycles. The summed E-state index contributed by atoms with van der Waals surface area (Å²) in [6, 6.07) is 0. The number of rotatable bonds is 5. The number of nitrogens with one attached hydrogen (secondary N) is 2. The molecule has 7 nitrogen and oxygen atoms in total. The lowest BCUT2D eigenvalue weighted by Gasteiger charge is -1.97. The van der Waals surface area contributed by atoms with Crippen LogP contribution in [-0.4, -0.2) is 36.9 Å². The monoisotopic (exact) mass is 208 g/mol. The highest BCUT2D eigenvalue weighted by Gasteiger charge is 2.00. The van der Waals surface area contributed by atoms with E-state index in [9.17, 15) is 0 Å². The average Bonchev–Trinajstić information content (AvgIpc) is 2.85. The fourth-order valence-electron chi connectivity index (χ4n) is 1.17. The first kappa shape index (κ1) is 9.66. The van der Waals surface area contributed by atoms with E-state index < -0.39 is 0 Å². The van der Waals surface area contributed by atoms with Crippen LogP contribution in [0.15, 0.2) is 18.6 Å². The average molecular weight is 208 g/mol. The van der Waals surface area contributed by atoms with E-state index >= 15 is 0 Å². The summed E-state index contributed by atoms with van der Waals surface area (Å²) < 4.78 is 1.60. The lowest BCUT2D eigenvalue weighted by molar-refractivity contribution is 0.268. The van der Waals surface area contributed by atoms with Gasteiger partial charge in [-0.15, -0.1) is 5.10 Å². The molecule has 2 aromatic rings. The van der Waals surface area contributed by atoms with Crippen molar-refractivity contribution in [3.63, 3.8) is 0 Å². The first-order valence-corrected chi connectivity index (χ1v) is 4.61. The summed E-state index contributed by atoms with van der Waals surface area (Å²) in [5, 5.41) is 26.1. The van der Waals surface area contributed by atoms with Crippen molar-refractivity contribution in [3.8, 4) is 0 Å². The van der Waals surface area contributed by atoms with Crippen molar-refractivity contribution >= 4 is 5.69 Å². The maximum Gasteiger partial charge on any atom is 0.102 e. The van der Waals surface area contributed by atoms with Gasteiger partial charge in [0.2, 0.25) is 0 Å². The van der Waals surface area contributed by atoms with E-state index in [4.69, 9.17) is 5.11 Å². The zero-order valence-electron chi connectivity index (χ0n) is 8.09. The molecule has 3 N–H and O–H groups in total. The molecular weight excluding hydrogens is 196 g/mol. The fourth-order valence-corrected chi connectivity index (χ4v) is 1.17. The first-order valence-electron chi connectivity index (χ1n) is 4.61. The molecule has 0 aliphatic carbocycles. The van der Waals surface area contributed by atoms with E-state index in [1.807, 2.05) is 0 Å². The second-order valence-electron chi connectivity index (χ2n) is 3.04. The maximum atomic E-state index is 8.69. The Hall–Kier alpha value is -1.89. The Bertz CT molecular complexity index is 395. The zero-order chi connectivity index (χ0) is 10.5. The van der Waals surface area contributed by atoms with Gasteiger partial charge in [-0.2, -0.15) is 5.10 Å². The van der Waals surface area contributed by atoms with Crippen molar-refractivity contribution in [2.45, 2.75) is 13.1 Å². The predicted octanol–water partition coefficient (Wildman–Crippen LogP) is -0.394. The van der Waals surface area contributed by atoms with Crippen LogP contribution in [0.4, 0.5) is 5.69 Å². The van der Waals surface area contributed by atoms with Crippen LogP contribution < -0.4 is 5.32 Å². The van der Waals surface area contributed by atoms with Crippen LogP contribution in [0.25, 0.3) is 0 Å². The quantitative estimate of drug-likeness (QED) is 0.622. The molecule has 0 bridgehead atoms. The van der Waals surface area contributed by atoms with Crippen LogP contribution in [0.5, 0.6) is 0 Å². The molecule has 0 saturated heterocycles. The zero-order valence-corrected chi connectivity index (χ0v) is 8.09. The summed E-state index contributed by atoms with van der Waals surface area (Å²) >= 11 is 0. The topological polar surface area (TPSA) is 91.7 Å². The summed E-state index contributed by atoms with van der Waals surface area (Å²) in [6.45, 7) is 1.13. The van der Waals surface area contributed by atoms with Gasteiger partial charge in [0.15, 0.2) is 0 Å². The highest BCUT2D eigenvalue weighted by Crippen LogP contribution is 2.03. The summed E-state index contributed by atoms with van der Waals surface area (Å²) in [5.74, 6) is 0. The van der Waals surface area contributed by atoms with E-state index in [1.165, 1.54) is 0 Å². The summed E-state index contributed by atoms with van der Waals surface area (Å²) in [7, 11) is 0. The fraction of sp³-hybridized carbons (Fsp3) is 0.375. The van der Waals surface area contributed by atoms with Crippen molar-refractivity contribution < 1.29 is 5.11 Å². The van der Waals surface area contributed by atoms with Crippen LogP contribution in [0, 0.1) is 0 Å². The molecule has 15 heavy (non-hydrogen) atoms. The minimum absolute atomic E-state index is 0.0674. The molecule has 80 valence electrons. The number of aromatic amines is 1. The Kier molecular flexibility index (Phi) is 2.93. The molecule has 2 rings (SSSR count). The third-order valence-corrected chi connectivity index (χ3v) is 1.89. The molecule has 2 aromatic heterocycles. The standard InChI is InChI=1S/C8H12N6O/c15-2-1-14-6-8(12-13-14)3-9-7-4-10-11-5-7/h4-6,9,15H,1-3H2,(H,10,11). The largest absolute Gasteiger partial charge is 0.394 e. The molecule has 0 aromatic carbocycles. The Labute approximate surface area is 86.1 Å².